The van der Waals surface area contributed by atoms with Crippen LogP contribution in [0.1, 0.15) is 57.6 Å². The van der Waals surface area contributed by atoms with Gasteiger partial charge in [0.2, 0.25) is 5.91 Å². The van der Waals surface area contributed by atoms with Crippen molar-refractivity contribution in [1.29, 1.82) is 0 Å². The molecule has 1 saturated heterocycles. The fourth-order valence-electron chi connectivity index (χ4n) is 4.00. The molecule has 25 heavy (non-hydrogen) atoms. The molecular formula is C20H31N3O2. The molecule has 1 heterocycles. The molecule has 1 aromatic rings. The highest BCUT2D eigenvalue weighted by Gasteiger charge is 2.44. The predicted octanol–water partition coefficient (Wildman–Crippen LogP) is 2.61. The molecule has 1 aromatic carbocycles. The van der Waals surface area contributed by atoms with Crippen LogP contribution in [-0.2, 0) is 4.79 Å². The number of rotatable bonds is 7. The monoisotopic (exact) mass is 345 g/mol. The van der Waals surface area contributed by atoms with Gasteiger partial charge in [-0.25, -0.2) is 0 Å². The van der Waals surface area contributed by atoms with Gasteiger partial charge in [-0.05, 0) is 50.3 Å². The van der Waals surface area contributed by atoms with Gasteiger partial charge >= 0.3 is 0 Å². The number of nitrogens with zero attached hydrogens (tertiary/aromatic N) is 1. The molecule has 3 unspecified atom stereocenters. The Labute approximate surface area is 150 Å². The largest absolute Gasteiger partial charge is 0.497 e. The lowest BCUT2D eigenvalue weighted by Gasteiger charge is -2.32. The lowest BCUT2D eigenvalue weighted by atomic mass is 9.94. The fourth-order valence-corrected chi connectivity index (χ4v) is 4.00. The van der Waals surface area contributed by atoms with E-state index in [1.807, 2.05) is 19.1 Å². The highest BCUT2D eigenvalue weighted by atomic mass is 16.5. The van der Waals surface area contributed by atoms with Gasteiger partial charge in [0, 0.05) is 18.6 Å². The molecule has 1 aliphatic heterocycles. The number of methoxy groups -OCH3 is 1. The number of hydrogen-bond donors (Lipinski definition) is 2. The van der Waals surface area contributed by atoms with E-state index in [1.54, 1.807) is 7.11 Å². The van der Waals surface area contributed by atoms with Crippen molar-refractivity contribution >= 4 is 5.91 Å². The van der Waals surface area contributed by atoms with E-state index >= 15 is 0 Å². The topological polar surface area (TPSA) is 67.6 Å². The SMILES string of the molecule is CCCC(C)(N)C(=O)NC1CCN(C2CC2)C1c1cccc(OC)c1. The number of nitrogens with two attached hydrogens (primary N) is 1. The Morgan fingerprint density at radius 2 is 2.16 bits per heavy atom. The summed E-state index contributed by atoms with van der Waals surface area (Å²) >= 11 is 0. The minimum absolute atomic E-state index is 0.0371. The number of hydrogen-bond acceptors (Lipinski definition) is 4. The summed E-state index contributed by atoms with van der Waals surface area (Å²) in [5, 5.41) is 3.26. The van der Waals surface area contributed by atoms with Crippen LogP contribution in [0.25, 0.3) is 0 Å². The third-order valence-corrected chi connectivity index (χ3v) is 5.49. The molecule has 3 N–H and O–H groups in total. The normalized spacial score (nSPS) is 26.2. The smallest absolute Gasteiger partial charge is 0.240 e. The third kappa shape index (κ3) is 3.98. The van der Waals surface area contributed by atoms with Gasteiger partial charge in [0.05, 0.1) is 18.7 Å². The minimum atomic E-state index is -0.805. The molecule has 1 aliphatic carbocycles. The first kappa shape index (κ1) is 18.2. The lowest BCUT2D eigenvalue weighted by Crippen LogP contribution is -2.55. The van der Waals surface area contributed by atoms with Gasteiger partial charge in [-0.15, -0.1) is 0 Å². The average Bonchev–Trinajstić information content (AvgIpc) is 3.35. The van der Waals surface area contributed by atoms with Crippen LogP contribution in [0.3, 0.4) is 0 Å². The Kier molecular flexibility index (Phi) is 5.35. The maximum Gasteiger partial charge on any atom is 0.240 e. The molecule has 1 saturated carbocycles. The molecule has 1 amide bonds. The summed E-state index contributed by atoms with van der Waals surface area (Å²) in [7, 11) is 1.69. The van der Waals surface area contributed by atoms with E-state index in [2.05, 4.69) is 29.3 Å². The second-order valence-corrected chi connectivity index (χ2v) is 7.73. The number of benzene rings is 1. The van der Waals surface area contributed by atoms with Crippen molar-refractivity contribution < 1.29 is 9.53 Å². The molecule has 0 bridgehead atoms. The molecule has 5 heteroatoms. The predicted molar refractivity (Wildman–Crippen MR) is 99.5 cm³/mol. The van der Waals surface area contributed by atoms with Gasteiger partial charge in [-0.3, -0.25) is 9.69 Å². The van der Waals surface area contributed by atoms with Crippen LogP contribution in [0, 0.1) is 0 Å². The van der Waals surface area contributed by atoms with Crippen molar-refractivity contribution in [3.05, 3.63) is 29.8 Å². The van der Waals surface area contributed by atoms with Gasteiger partial charge in [-0.1, -0.05) is 25.5 Å². The summed E-state index contributed by atoms with van der Waals surface area (Å²) in [4.78, 5) is 15.3. The summed E-state index contributed by atoms with van der Waals surface area (Å²) in [5.74, 6) is 0.824. The molecule has 2 fully saturated rings. The van der Waals surface area contributed by atoms with Crippen molar-refractivity contribution in [3.63, 3.8) is 0 Å². The first-order valence-corrected chi connectivity index (χ1v) is 9.46. The van der Waals surface area contributed by atoms with Crippen LogP contribution < -0.4 is 15.8 Å². The maximum atomic E-state index is 12.7. The van der Waals surface area contributed by atoms with E-state index < -0.39 is 5.54 Å². The van der Waals surface area contributed by atoms with Gasteiger partial charge in [0.1, 0.15) is 5.75 Å². The van der Waals surface area contributed by atoms with Crippen LogP contribution >= 0.6 is 0 Å². The van der Waals surface area contributed by atoms with E-state index in [-0.39, 0.29) is 18.0 Å². The van der Waals surface area contributed by atoms with Crippen molar-refractivity contribution in [3.8, 4) is 5.75 Å². The van der Waals surface area contributed by atoms with Crippen molar-refractivity contribution in [1.82, 2.24) is 10.2 Å². The van der Waals surface area contributed by atoms with Crippen molar-refractivity contribution in [2.45, 2.75) is 69.6 Å². The van der Waals surface area contributed by atoms with Gasteiger partial charge in [0.15, 0.2) is 0 Å². The second kappa shape index (κ2) is 7.34. The second-order valence-electron chi connectivity index (χ2n) is 7.73. The first-order chi connectivity index (χ1) is 12.0. The highest BCUT2D eigenvalue weighted by molar-refractivity contribution is 5.85. The molecular weight excluding hydrogens is 314 g/mol. The van der Waals surface area contributed by atoms with E-state index in [9.17, 15) is 4.79 Å². The highest BCUT2D eigenvalue weighted by Crippen LogP contribution is 2.41. The van der Waals surface area contributed by atoms with Crippen molar-refractivity contribution in [2.75, 3.05) is 13.7 Å². The number of nitrogens with one attached hydrogen (secondary N) is 1. The van der Waals surface area contributed by atoms with Crippen LogP contribution in [0.4, 0.5) is 0 Å². The summed E-state index contributed by atoms with van der Waals surface area (Å²) in [6, 6.07) is 9.17. The summed E-state index contributed by atoms with van der Waals surface area (Å²) in [6.45, 7) is 4.91. The first-order valence-electron chi connectivity index (χ1n) is 9.46. The summed E-state index contributed by atoms with van der Waals surface area (Å²) in [5.41, 5.74) is 6.65. The summed E-state index contributed by atoms with van der Waals surface area (Å²) in [6.07, 6.45) is 5.07. The zero-order chi connectivity index (χ0) is 18.0. The van der Waals surface area contributed by atoms with Crippen LogP contribution in [0.2, 0.25) is 0 Å². The van der Waals surface area contributed by atoms with E-state index in [1.165, 1.54) is 18.4 Å². The van der Waals surface area contributed by atoms with Crippen LogP contribution in [-0.4, -0.2) is 42.1 Å². The van der Waals surface area contributed by atoms with Crippen LogP contribution in [0.15, 0.2) is 24.3 Å². The maximum absolute atomic E-state index is 12.7. The molecule has 3 rings (SSSR count). The zero-order valence-corrected chi connectivity index (χ0v) is 15.6. The Balaban J connectivity index is 1.81. The Bertz CT molecular complexity index is 613. The summed E-state index contributed by atoms with van der Waals surface area (Å²) < 4.78 is 5.40. The molecule has 0 spiro atoms. The number of carbonyl (C=O) groups is 1. The standard InChI is InChI=1S/C20H31N3O2/c1-4-11-20(2,21)19(24)22-17-10-12-23(15-8-9-15)18(17)14-6-5-7-16(13-14)25-3/h5-7,13,15,17-18H,4,8-12,21H2,1-3H3,(H,22,24). The van der Waals surface area contributed by atoms with Gasteiger partial charge in [-0.2, -0.15) is 0 Å². The molecule has 0 radical (unpaired) electrons. The van der Waals surface area contributed by atoms with Gasteiger partial charge in [0.25, 0.3) is 0 Å². The molecule has 138 valence electrons. The molecule has 0 aromatic heterocycles. The van der Waals surface area contributed by atoms with Crippen LogP contribution in [0.5, 0.6) is 5.75 Å². The number of carbonyl (C=O) groups excluding carboxylic acids is 1. The number of ether oxygens (including phenoxy) is 1. The number of amides is 1. The minimum Gasteiger partial charge on any atom is -0.497 e. The van der Waals surface area contributed by atoms with E-state index in [4.69, 9.17) is 10.5 Å². The fraction of sp³-hybridized carbons (Fsp3) is 0.650. The Morgan fingerprint density at radius 3 is 2.80 bits per heavy atom. The third-order valence-electron chi connectivity index (χ3n) is 5.49. The van der Waals surface area contributed by atoms with Crippen molar-refractivity contribution in [2.24, 2.45) is 5.73 Å². The Morgan fingerprint density at radius 1 is 1.40 bits per heavy atom. The lowest BCUT2D eigenvalue weighted by molar-refractivity contribution is -0.127. The van der Waals surface area contributed by atoms with E-state index in [0.717, 1.165) is 25.1 Å². The Hall–Kier alpha value is -1.59. The van der Waals surface area contributed by atoms with E-state index in [0.29, 0.717) is 12.5 Å². The molecule has 2 aliphatic rings. The quantitative estimate of drug-likeness (QED) is 0.797. The average molecular weight is 345 g/mol. The number of likely N-dealkylation sites (tertiary alicyclic amines) is 1. The van der Waals surface area contributed by atoms with Gasteiger partial charge < -0.3 is 15.8 Å². The molecule has 3 atom stereocenters. The molecule has 5 nitrogen and oxygen atoms in total. The zero-order valence-electron chi connectivity index (χ0n) is 15.6.